The number of benzene rings is 2. The van der Waals surface area contributed by atoms with Crippen molar-refractivity contribution in [3.8, 4) is 0 Å². The third-order valence-corrected chi connectivity index (χ3v) is 7.69. The Labute approximate surface area is 196 Å². The van der Waals surface area contributed by atoms with Gasteiger partial charge in [-0.15, -0.1) is 0 Å². The number of sulfone groups is 1. The van der Waals surface area contributed by atoms with Gasteiger partial charge in [0.25, 0.3) is 5.91 Å². The number of fused-ring (bicyclic) bond motifs is 1. The predicted octanol–water partition coefficient (Wildman–Crippen LogP) is 3.45. The first kappa shape index (κ1) is 24.8. The molecule has 0 spiro atoms. The summed E-state index contributed by atoms with van der Waals surface area (Å²) in [6.07, 6.45) is 0. The molecule has 0 aliphatic heterocycles. The third-order valence-electron chi connectivity index (χ3n) is 4.89. The summed E-state index contributed by atoms with van der Waals surface area (Å²) in [7, 11) is -3.35. The summed E-state index contributed by atoms with van der Waals surface area (Å²) < 4.78 is 37.2. The van der Waals surface area contributed by atoms with Gasteiger partial charge in [0.05, 0.1) is 39.6 Å². The van der Waals surface area contributed by atoms with Crippen molar-refractivity contribution < 1.29 is 27.5 Å². The number of amides is 1. The third kappa shape index (κ3) is 5.76. The Morgan fingerprint density at radius 2 is 1.70 bits per heavy atom. The number of carbonyl (C=O) groups excluding carboxylic acids is 2. The number of hydrogen-bond donors (Lipinski definition) is 0. The van der Waals surface area contributed by atoms with Crippen LogP contribution in [0.2, 0.25) is 0 Å². The van der Waals surface area contributed by atoms with Gasteiger partial charge in [0, 0.05) is 18.7 Å². The number of esters is 1. The molecule has 176 valence electrons. The predicted molar refractivity (Wildman–Crippen MR) is 126 cm³/mol. The van der Waals surface area contributed by atoms with Crippen LogP contribution in [0.25, 0.3) is 10.2 Å². The summed E-state index contributed by atoms with van der Waals surface area (Å²) in [6.45, 7) is 6.98. The van der Waals surface area contributed by atoms with Gasteiger partial charge in [0.15, 0.2) is 14.6 Å². The highest BCUT2D eigenvalue weighted by Crippen LogP contribution is 2.20. The summed E-state index contributed by atoms with van der Waals surface area (Å²) in [5.74, 6) is -0.914. The minimum absolute atomic E-state index is 0.0138. The van der Waals surface area contributed by atoms with Crippen LogP contribution in [0, 0.1) is 0 Å². The van der Waals surface area contributed by atoms with E-state index in [1.165, 1.54) is 35.6 Å². The van der Waals surface area contributed by atoms with Crippen molar-refractivity contribution >= 4 is 43.3 Å². The Morgan fingerprint density at radius 1 is 1.00 bits per heavy atom. The second kappa shape index (κ2) is 10.9. The normalized spacial score (nSPS) is 12.3. The number of aromatic nitrogens is 1. The van der Waals surface area contributed by atoms with Crippen LogP contribution in [0.15, 0.2) is 52.4 Å². The van der Waals surface area contributed by atoms with E-state index in [2.05, 4.69) is 4.99 Å². The lowest BCUT2D eigenvalue weighted by Gasteiger charge is -2.06. The highest BCUT2D eigenvalue weighted by molar-refractivity contribution is 7.91. The van der Waals surface area contributed by atoms with Crippen molar-refractivity contribution in [1.82, 2.24) is 4.57 Å². The van der Waals surface area contributed by atoms with Crippen molar-refractivity contribution in [2.45, 2.75) is 32.2 Å². The minimum atomic E-state index is -3.35. The monoisotopic (exact) mass is 490 g/mol. The Kier molecular flexibility index (Phi) is 8.17. The molecule has 0 atom stereocenters. The number of carbonyl (C=O) groups is 2. The van der Waals surface area contributed by atoms with Crippen molar-refractivity contribution in [3.05, 3.63) is 58.4 Å². The van der Waals surface area contributed by atoms with Crippen molar-refractivity contribution in [2.24, 2.45) is 4.99 Å². The van der Waals surface area contributed by atoms with E-state index in [4.69, 9.17) is 9.47 Å². The molecule has 0 unspecified atom stereocenters. The Morgan fingerprint density at radius 3 is 2.33 bits per heavy atom. The molecular formula is C23H26N2O6S2. The molecule has 3 rings (SSSR count). The molecule has 10 heteroatoms. The molecule has 1 aromatic heterocycles. The fourth-order valence-electron chi connectivity index (χ4n) is 3.14. The first-order valence-electron chi connectivity index (χ1n) is 10.6. The molecule has 1 heterocycles. The highest BCUT2D eigenvalue weighted by Gasteiger charge is 2.15. The van der Waals surface area contributed by atoms with Gasteiger partial charge in [-0.3, -0.25) is 4.79 Å². The van der Waals surface area contributed by atoms with Gasteiger partial charge in [-0.05, 0) is 56.3 Å². The Bertz CT molecular complexity index is 1320. The zero-order valence-electron chi connectivity index (χ0n) is 18.7. The lowest BCUT2D eigenvalue weighted by molar-refractivity contribution is 0.0526. The average Bonchev–Trinajstić information content (AvgIpc) is 3.15. The summed E-state index contributed by atoms with van der Waals surface area (Å²) in [4.78, 5) is 29.9. The average molecular weight is 491 g/mol. The van der Waals surface area contributed by atoms with E-state index in [-0.39, 0.29) is 22.8 Å². The second-order valence-corrected chi connectivity index (χ2v) is 10.3. The maximum absolute atomic E-state index is 12.8. The van der Waals surface area contributed by atoms with Crippen LogP contribution in [-0.2, 0) is 25.9 Å². The van der Waals surface area contributed by atoms with Crippen LogP contribution in [0.1, 0.15) is 41.5 Å². The van der Waals surface area contributed by atoms with Gasteiger partial charge in [0.2, 0.25) is 0 Å². The molecule has 8 nitrogen and oxygen atoms in total. The van der Waals surface area contributed by atoms with E-state index < -0.39 is 21.7 Å². The second-order valence-electron chi connectivity index (χ2n) is 6.98. The Balaban J connectivity index is 2.02. The SMILES string of the molecule is CCOCCn1c(=NC(=O)c2ccc(S(=O)(=O)CC)cc2)sc2cc(C(=O)OCC)ccc21. The van der Waals surface area contributed by atoms with Gasteiger partial charge in [-0.2, -0.15) is 4.99 Å². The molecule has 2 aromatic carbocycles. The zero-order valence-corrected chi connectivity index (χ0v) is 20.4. The van der Waals surface area contributed by atoms with Crippen LogP contribution in [0.5, 0.6) is 0 Å². The topological polar surface area (TPSA) is 104 Å². The molecule has 33 heavy (non-hydrogen) atoms. The van der Waals surface area contributed by atoms with Crippen LogP contribution >= 0.6 is 11.3 Å². The number of hydrogen-bond acceptors (Lipinski definition) is 7. The maximum atomic E-state index is 12.8. The molecule has 0 aliphatic carbocycles. The number of ether oxygens (including phenoxy) is 2. The van der Waals surface area contributed by atoms with Crippen LogP contribution in [-0.4, -0.2) is 50.4 Å². The zero-order chi connectivity index (χ0) is 24.0. The summed E-state index contributed by atoms with van der Waals surface area (Å²) in [6, 6.07) is 11.0. The molecule has 0 saturated carbocycles. The maximum Gasteiger partial charge on any atom is 0.338 e. The van der Waals surface area contributed by atoms with Crippen molar-refractivity contribution in [2.75, 3.05) is 25.6 Å². The van der Waals surface area contributed by atoms with Crippen LogP contribution in [0.3, 0.4) is 0 Å². The van der Waals surface area contributed by atoms with E-state index in [1.54, 1.807) is 32.0 Å². The van der Waals surface area contributed by atoms with E-state index in [0.29, 0.717) is 30.1 Å². The largest absolute Gasteiger partial charge is 0.462 e. The number of nitrogens with zero attached hydrogens (tertiary/aromatic N) is 2. The number of rotatable bonds is 9. The molecule has 3 aromatic rings. The summed E-state index contributed by atoms with van der Waals surface area (Å²) in [5.41, 5.74) is 1.53. The first-order valence-corrected chi connectivity index (χ1v) is 13.1. The highest BCUT2D eigenvalue weighted by atomic mass is 32.2. The molecule has 0 saturated heterocycles. The smallest absolute Gasteiger partial charge is 0.338 e. The fraction of sp³-hybridized carbons (Fsp3) is 0.348. The van der Waals surface area contributed by atoms with E-state index in [1.807, 2.05) is 11.5 Å². The fourth-order valence-corrected chi connectivity index (χ4v) is 5.12. The molecule has 1 amide bonds. The van der Waals surface area contributed by atoms with Gasteiger partial charge >= 0.3 is 5.97 Å². The lowest BCUT2D eigenvalue weighted by atomic mass is 10.2. The Hall–Kier alpha value is -2.82. The lowest BCUT2D eigenvalue weighted by Crippen LogP contribution is -2.19. The standard InChI is InChI=1S/C23H26N2O6S2/c1-4-30-14-13-25-19-12-9-17(22(27)31-5-2)15-20(19)32-23(25)24-21(26)16-7-10-18(11-8-16)33(28,29)6-3/h7-12,15H,4-6,13-14H2,1-3H3. The molecular weight excluding hydrogens is 464 g/mol. The summed E-state index contributed by atoms with van der Waals surface area (Å²) >= 11 is 1.28. The van der Waals surface area contributed by atoms with Crippen molar-refractivity contribution in [1.29, 1.82) is 0 Å². The molecule has 0 aliphatic rings. The van der Waals surface area contributed by atoms with Gasteiger partial charge < -0.3 is 14.0 Å². The van der Waals surface area contributed by atoms with Gasteiger partial charge in [-0.25, -0.2) is 13.2 Å². The summed E-state index contributed by atoms with van der Waals surface area (Å²) in [5, 5.41) is 0. The van der Waals surface area contributed by atoms with Crippen LogP contribution in [0.4, 0.5) is 0 Å². The quantitative estimate of drug-likeness (QED) is 0.336. The van der Waals surface area contributed by atoms with Crippen molar-refractivity contribution in [3.63, 3.8) is 0 Å². The molecule has 0 N–H and O–H groups in total. The van der Waals surface area contributed by atoms with E-state index >= 15 is 0 Å². The molecule has 0 radical (unpaired) electrons. The van der Waals surface area contributed by atoms with Gasteiger partial charge in [-0.1, -0.05) is 18.3 Å². The van der Waals surface area contributed by atoms with Crippen LogP contribution < -0.4 is 4.80 Å². The van der Waals surface area contributed by atoms with E-state index in [0.717, 1.165) is 10.2 Å². The first-order chi connectivity index (χ1) is 15.8. The van der Waals surface area contributed by atoms with E-state index in [9.17, 15) is 18.0 Å². The van der Waals surface area contributed by atoms with Gasteiger partial charge in [0.1, 0.15) is 0 Å². The minimum Gasteiger partial charge on any atom is -0.462 e. The molecule has 0 bridgehead atoms. The number of thiazole rings is 1. The molecule has 0 fully saturated rings.